The quantitative estimate of drug-likeness (QED) is 0.598. The number of hydrogen-bond acceptors (Lipinski definition) is 5. The molecule has 4 N–H and O–H groups in total. The molecule has 2 rings (SSSR count). The second-order valence-corrected chi connectivity index (χ2v) is 4.32. The van der Waals surface area contributed by atoms with Gasteiger partial charge in [-0.15, -0.1) is 0 Å². The summed E-state index contributed by atoms with van der Waals surface area (Å²) in [6, 6.07) is 1.75. The first-order valence-electron chi connectivity index (χ1n) is 5.78. The van der Waals surface area contributed by atoms with Gasteiger partial charge in [-0.3, -0.25) is 0 Å². The highest BCUT2D eigenvalue weighted by molar-refractivity contribution is 6.33. The Labute approximate surface area is 119 Å². The van der Waals surface area contributed by atoms with Crippen LogP contribution >= 0.6 is 11.6 Å². The number of nitrogen functional groups attached to an aromatic ring is 1. The largest absolute Gasteiger partial charge is 0.336 e. The second-order valence-electron chi connectivity index (χ2n) is 3.92. The molecule has 0 saturated heterocycles. The van der Waals surface area contributed by atoms with Gasteiger partial charge in [-0.25, -0.2) is 24.6 Å². The third-order valence-electron chi connectivity index (χ3n) is 2.69. The van der Waals surface area contributed by atoms with E-state index in [1.165, 1.54) is 6.33 Å². The molecule has 106 valence electrons. The van der Waals surface area contributed by atoms with Crippen LogP contribution in [0.3, 0.4) is 0 Å². The molecular weight excluding hydrogens is 288 g/mol. The first kappa shape index (κ1) is 14.4. The first-order valence-corrected chi connectivity index (χ1v) is 6.16. The number of hydrazine groups is 1. The fourth-order valence-electron chi connectivity index (χ4n) is 1.76. The Morgan fingerprint density at radius 2 is 1.95 bits per heavy atom. The minimum Gasteiger partial charge on any atom is -0.336 e. The standard InChI is InChI=1S/C12H12ClF2N5/c1-2-7-11(17-5-18-12(7)20-16)19-10-8(13)3-6(14)4-9(10)15/h3-5H,2,16H2,1H3,(H2,17,18,19,20). The average Bonchev–Trinajstić information content (AvgIpc) is 2.42. The van der Waals surface area contributed by atoms with Crippen molar-refractivity contribution in [3.8, 4) is 0 Å². The van der Waals surface area contributed by atoms with Gasteiger partial charge in [-0.2, -0.15) is 0 Å². The van der Waals surface area contributed by atoms with E-state index in [9.17, 15) is 8.78 Å². The van der Waals surface area contributed by atoms with Crippen LogP contribution in [0.1, 0.15) is 12.5 Å². The van der Waals surface area contributed by atoms with E-state index >= 15 is 0 Å². The number of anilines is 3. The predicted octanol–water partition coefficient (Wildman–Crippen LogP) is 3.00. The Hall–Kier alpha value is -1.99. The molecule has 0 aliphatic heterocycles. The molecule has 0 spiro atoms. The lowest BCUT2D eigenvalue weighted by Gasteiger charge is -2.14. The molecular formula is C12H12ClF2N5. The van der Waals surface area contributed by atoms with Crippen molar-refractivity contribution < 1.29 is 8.78 Å². The molecule has 0 aliphatic carbocycles. The molecule has 0 aliphatic rings. The maximum Gasteiger partial charge on any atom is 0.151 e. The SMILES string of the molecule is CCc1c(NN)ncnc1Nc1c(F)cc(F)cc1Cl. The van der Waals surface area contributed by atoms with Crippen LogP contribution in [-0.2, 0) is 6.42 Å². The van der Waals surface area contributed by atoms with Crippen LogP contribution < -0.4 is 16.6 Å². The van der Waals surface area contributed by atoms with Crippen molar-refractivity contribution in [1.82, 2.24) is 9.97 Å². The van der Waals surface area contributed by atoms with Gasteiger partial charge >= 0.3 is 0 Å². The number of nitrogens with one attached hydrogen (secondary N) is 2. The van der Waals surface area contributed by atoms with Crippen LogP contribution in [0.15, 0.2) is 18.5 Å². The Morgan fingerprint density at radius 3 is 2.55 bits per heavy atom. The van der Waals surface area contributed by atoms with E-state index in [-0.39, 0.29) is 10.7 Å². The van der Waals surface area contributed by atoms with E-state index in [1.807, 2.05) is 6.92 Å². The molecule has 0 atom stereocenters. The molecule has 2 aromatic rings. The van der Waals surface area contributed by atoms with E-state index in [1.54, 1.807) is 0 Å². The van der Waals surface area contributed by atoms with Crippen molar-refractivity contribution >= 4 is 28.9 Å². The molecule has 0 bridgehead atoms. The summed E-state index contributed by atoms with van der Waals surface area (Å²) in [4.78, 5) is 7.98. The fourth-order valence-corrected chi connectivity index (χ4v) is 2.00. The summed E-state index contributed by atoms with van der Waals surface area (Å²) in [5.74, 6) is 4.56. The summed E-state index contributed by atoms with van der Waals surface area (Å²) in [7, 11) is 0. The number of nitrogens with two attached hydrogens (primary N) is 1. The Bertz CT molecular complexity index is 612. The van der Waals surface area contributed by atoms with E-state index in [4.69, 9.17) is 17.4 Å². The van der Waals surface area contributed by atoms with Crippen LogP contribution in [0.2, 0.25) is 5.02 Å². The van der Waals surface area contributed by atoms with E-state index in [0.29, 0.717) is 23.6 Å². The van der Waals surface area contributed by atoms with Gasteiger partial charge in [0, 0.05) is 11.6 Å². The minimum absolute atomic E-state index is 0.0514. The van der Waals surface area contributed by atoms with Crippen molar-refractivity contribution in [2.45, 2.75) is 13.3 Å². The summed E-state index contributed by atoms with van der Waals surface area (Å²) in [5.41, 5.74) is 3.04. The van der Waals surface area contributed by atoms with Crippen molar-refractivity contribution in [3.05, 3.63) is 40.7 Å². The number of rotatable bonds is 4. The maximum absolute atomic E-state index is 13.7. The molecule has 0 amide bonds. The predicted molar refractivity (Wildman–Crippen MR) is 73.9 cm³/mol. The zero-order valence-corrected chi connectivity index (χ0v) is 11.3. The zero-order chi connectivity index (χ0) is 14.7. The highest BCUT2D eigenvalue weighted by Gasteiger charge is 2.14. The monoisotopic (exact) mass is 299 g/mol. The highest BCUT2D eigenvalue weighted by Crippen LogP contribution is 2.31. The topological polar surface area (TPSA) is 75.9 Å². The molecule has 0 unspecified atom stereocenters. The number of aromatic nitrogens is 2. The van der Waals surface area contributed by atoms with Crippen LogP contribution in [0.4, 0.5) is 26.1 Å². The lowest BCUT2D eigenvalue weighted by molar-refractivity contribution is 0.586. The number of nitrogens with zero attached hydrogens (tertiary/aromatic N) is 2. The second kappa shape index (κ2) is 5.98. The van der Waals surface area contributed by atoms with Gasteiger partial charge in [0.15, 0.2) is 5.82 Å². The molecule has 5 nitrogen and oxygen atoms in total. The average molecular weight is 300 g/mol. The number of hydrogen-bond donors (Lipinski definition) is 3. The van der Waals surface area contributed by atoms with Crippen LogP contribution in [0.5, 0.6) is 0 Å². The smallest absolute Gasteiger partial charge is 0.151 e. The Balaban J connectivity index is 2.45. The lowest BCUT2D eigenvalue weighted by Crippen LogP contribution is -2.13. The molecule has 1 aromatic carbocycles. The number of benzene rings is 1. The van der Waals surface area contributed by atoms with Gasteiger partial charge in [0.2, 0.25) is 0 Å². The van der Waals surface area contributed by atoms with E-state index < -0.39 is 11.6 Å². The summed E-state index contributed by atoms with van der Waals surface area (Å²) in [6.07, 6.45) is 1.83. The van der Waals surface area contributed by atoms with Gasteiger partial charge < -0.3 is 10.7 Å². The third-order valence-corrected chi connectivity index (χ3v) is 2.98. The number of halogens is 3. The van der Waals surface area contributed by atoms with Crippen molar-refractivity contribution in [2.75, 3.05) is 10.7 Å². The molecule has 0 saturated carbocycles. The van der Waals surface area contributed by atoms with Gasteiger partial charge in [-0.1, -0.05) is 18.5 Å². The molecule has 0 fully saturated rings. The van der Waals surface area contributed by atoms with Gasteiger partial charge in [0.25, 0.3) is 0 Å². The first-order chi connectivity index (χ1) is 9.56. The molecule has 20 heavy (non-hydrogen) atoms. The van der Waals surface area contributed by atoms with Gasteiger partial charge in [0.05, 0.1) is 10.7 Å². The highest BCUT2D eigenvalue weighted by atomic mass is 35.5. The zero-order valence-electron chi connectivity index (χ0n) is 10.5. The lowest BCUT2D eigenvalue weighted by atomic mass is 10.2. The molecule has 0 radical (unpaired) electrons. The van der Waals surface area contributed by atoms with Gasteiger partial charge in [0.1, 0.15) is 23.8 Å². The summed E-state index contributed by atoms with van der Waals surface area (Å²) in [5, 5.41) is 2.66. The van der Waals surface area contributed by atoms with Crippen LogP contribution in [0, 0.1) is 11.6 Å². The van der Waals surface area contributed by atoms with E-state index in [2.05, 4.69) is 20.7 Å². The van der Waals surface area contributed by atoms with Crippen LogP contribution in [0.25, 0.3) is 0 Å². The normalized spacial score (nSPS) is 10.4. The van der Waals surface area contributed by atoms with Crippen LogP contribution in [-0.4, -0.2) is 9.97 Å². The van der Waals surface area contributed by atoms with Crippen molar-refractivity contribution in [1.29, 1.82) is 0 Å². The van der Waals surface area contributed by atoms with Crippen molar-refractivity contribution in [2.24, 2.45) is 5.84 Å². The minimum atomic E-state index is -0.807. The Kier molecular flexibility index (Phi) is 4.31. The Morgan fingerprint density at radius 1 is 1.25 bits per heavy atom. The van der Waals surface area contributed by atoms with E-state index in [0.717, 1.165) is 12.1 Å². The summed E-state index contributed by atoms with van der Waals surface area (Å²) >= 11 is 5.83. The molecule has 8 heteroatoms. The molecule has 1 aromatic heterocycles. The molecule has 1 heterocycles. The summed E-state index contributed by atoms with van der Waals surface area (Å²) in [6.45, 7) is 1.87. The van der Waals surface area contributed by atoms with Crippen molar-refractivity contribution in [3.63, 3.8) is 0 Å². The maximum atomic E-state index is 13.7. The summed E-state index contributed by atoms with van der Waals surface area (Å²) < 4.78 is 26.8. The fraction of sp³-hybridized carbons (Fsp3) is 0.167. The van der Waals surface area contributed by atoms with Gasteiger partial charge in [-0.05, 0) is 12.5 Å². The third kappa shape index (κ3) is 2.78.